The van der Waals surface area contributed by atoms with Crippen molar-refractivity contribution in [2.24, 2.45) is 5.92 Å². The summed E-state index contributed by atoms with van der Waals surface area (Å²) < 4.78 is 38.8. The van der Waals surface area contributed by atoms with Crippen LogP contribution in [0.25, 0.3) is 0 Å². The SMILES string of the molecule is Cc1cc(N2CCC3CCN(c4nccc(C(F)(F)F)n4)CC32)ncn1. The van der Waals surface area contributed by atoms with Gasteiger partial charge >= 0.3 is 6.18 Å². The van der Waals surface area contributed by atoms with E-state index in [2.05, 4.69) is 24.8 Å². The summed E-state index contributed by atoms with van der Waals surface area (Å²) in [5.74, 6) is 1.52. The van der Waals surface area contributed by atoms with Gasteiger partial charge in [0.05, 0.1) is 6.04 Å². The van der Waals surface area contributed by atoms with Crippen LogP contribution in [0.4, 0.5) is 24.9 Å². The largest absolute Gasteiger partial charge is 0.433 e. The highest BCUT2D eigenvalue weighted by molar-refractivity contribution is 5.44. The highest BCUT2D eigenvalue weighted by Gasteiger charge is 2.40. The van der Waals surface area contributed by atoms with Gasteiger partial charge in [0.1, 0.15) is 17.8 Å². The zero-order valence-electron chi connectivity index (χ0n) is 14.3. The Bertz CT molecular complexity index is 796. The number of hydrogen-bond donors (Lipinski definition) is 0. The average molecular weight is 364 g/mol. The summed E-state index contributed by atoms with van der Waals surface area (Å²) in [5.41, 5.74) is -0.00773. The van der Waals surface area contributed by atoms with Crippen LogP contribution in [0.2, 0.25) is 0 Å². The molecule has 6 nitrogen and oxygen atoms in total. The molecule has 0 bridgehead atoms. The molecule has 0 aromatic carbocycles. The van der Waals surface area contributed by atoms with E-state index in [0.717, 1.165) is 37.0 Å². The third-order valence-electron chi connectivity index (χ3n) is 5.16. The molecule has 9 heteroatoms. The van der Waals surface area contributed by atoms with Crippen LogP contribution in [-0.4, -0.2) is 45.6 Å². The molecule has 0 saturated carbocycles. The van der Waals surface area contributed by atoms with Crippen molar-refractivity contribution >= 4 is 11.8 Å². The first-order valence-corrected chi connectivity index (χ1v) is 8.62. The van der Waals surface area contributed by atoms with Gasteiger partial charge in [-0.15, -0.1) is 0 Å². The molecule has 0 radical (unpaired) electrons. The molecule has 4 heterocycles. The Morgan fingerprint density at radius 3 is 2.69 bits per heavy atom. The smallest absolute Gasteiger partial charge is 0.351 e. The maximum atomic E-state index is 12.9. The number of rotatable bonds is 2. The summed E-state index contributed by atoms with van der Waals surface area (Å²) in [6, 6.07) is 3.04. The molecular formula is C17H19F3N6. The van der Waals surface area contributed by atoms with Crippen LogP contribution in [0, 0.1) is 12.8 Å². The predicted molar refractivity (Wildman–Crippen MR) is 89.9 cm³/mol. The summed E-state index contributed by atoms with van der Waals surface area (Å²) in [4.78, 5) is 20.4. The number of hydrogen-bond acceptors (Lipinski definition) is 6. The van der Waals surface area contributed by atoms with Crippen LogP contribution in [0.1, 0.15) is 24.2 Å². The van der Waals surface area contributed by atoms with E-state index in [9.17, 15) is 13.2 Å². The normalized spacial score (nSPS) is 23.2. The topological polar surface area (TPSA) is 58.0 Å². The lowest BCUT2D eigenvalue weighted by Crippen LogP contribution is -2.49. The van der Waals surface area contributed by atoms with Gasteiger partial charge in [0.2, 0.25) is 5.95 Å². The van der Waals surface area contributed by atoms with Crippen LogP contribution < -0.4 is 9.80 Å². The van der Waals surface area contributed by atoms with E-state index in [0.29, 0.717) is 19.0 Å². The molecule has 138 valence electrons. The molecule has 26 heavy (non-hydrogen) atoms. The zero-order valence-corrected chi connectivity index (χ0v) is 14.3. The molecule has 0 N–H and O–H groups in total. The van der Waals surface area contributed by atoms with Crippen molar-refractivity contribution in [1.82, 2.24) is 19.9 Å². The Kier molecular flexibility index (Phi) is 4.16. The molecular weight excluding hydrogens is 345 g/mol. The van der Waals surface area contributed by atoms with Crippen molar-refractivity contribution in [2.45, 2.75) is 32.0 Å². The molecule has 2 unspecified atom stereocenters. The van der Waals surface area contributed by atoms with Crippen LogP contribution in [0.5, 0.6) is 0 Å². The maximum absolute atomic E-state index is 12.9. The van der Waals surface area contributed by atoms with Gasteiger partial charge in [-0.25, -0.2) is 19.9 Å². The van der Waals surface area contributed by atoms with E-state index in [4.69, 9.17) is 0 Å². The Morgan fingerprint density at radius 1 is 1.12 bits per heavy atom. The fourth-order valence-electron chi connectivity index (χ4n) is 3.86. The van der Waals surface area contributed by atoms with E-state index >= 15 is 0 Å². The Morgan fingerprint density at radius 2 is 1.92 bits per heavy atom. The molecule has 2 atom stereocenters. The van der Waals surface area contributed by atoms with Gasteiger partial charge in [0.15, 0.2) is 0 Å². The summed E-state index contributed by atoms with van der Waals surface area (Å²) in [6.45, 7) is 4.07. The highest BCUT2D eigenvalue weighted by Crippen LogP contribution is 2.36. The van der Waals surface area contributed by atoms with Gasteiger partial charge in [-0.3, -0.25) is 0 Å². The standard InChI is InChI=1S/C17H19F3N6/c1-11-8-15(23-10-22-11)26-7-4-12-3-6-25(9-13(12)26)16-21-5-2-14(24-16)17(18,19)20/h2,5,8,10,12-13H,3-4,6-7,9H2,1H3. The molecule has 2 aliphatic rings. The number of aromatic nitrogens is 4. The molecule has 2 fully saturated rings. The Hall–Kier alpha value is -2.45. The van der Waals surface area contributed by atoms with Crippen LogP contribution in [0.3, 0.4) is 0 Å². The van der Waals surface area contributed by atoms with Crippen molar-refractivity contribution in [2.75, 3.05) is 29.4 Å². The second-order valence-electron chi connectivity index (χ2n) is 6.80. The van der Waals surface area contributed by atoms with Gasteiger partial charge in [-0.05, 0) is 31.7 Å². The summed E-state index contributed by atoms with van der Waals surface area (Å²) in [7, 11) is 0. The van der Waals surface area contributed by atoms with Gasteiger partial charge in [-0.2, -0.15) is 13.2 Å². The second-order valence-corrected chi connectivity index (χ2v) is 6.80. The number of anilines is 2. The average Bonchev–Trinajstić information content (AvgIpc) is 3.04. The maximum Gasteiger partial charge on any atom is 0.433 e. The van der Waals surface area contributed by atoms with Crippen molar-refractivity contribution in [1.29, 1.82) is 0 Å². The van der Waals surface area contributed by atoms with Crippen LogP contribution in [0.15, 0.2) is 24.7 Å². The first-order chi connectivity index (χ1) is 12.4. The summed E-state index contributed by atoms with van der Waals surface area (Å²) in [5, 5.41) is 0. The molecule has 0 spiro atoms. The molecule has 0 aliphatic carbocycles. The minimum atomic E-state index is -4.46. The Balaban J connectivity index is 1.57. The van der Waals surface area contributed by atoms with Crippen molar-refractivity contribution in [3.8, 4) is 0 Å². The minimum Gasteiger partial charge on any atom is -0.351 e. The van der Waals surface area contributed by atoms with Gasteiger partial charge in [-0.1, -0.05) is 0 Å². The second kappa shape index (κ2) is 6.37. The predicted octanol–water partition coefficient (Wildman–Crippen LogP) is 2.70. The summed E-state index contributed by atoms with van der Waals surface area (Å²) >= 11 is 0. The fraction of sp³-hybridized carbons (Fsp3) is 0.529. The first-order valence-electron chi connectivity index (χ1n) is 8.62. The lowest BCUT2D eigenvalue weighted by Gasteiger charge is -2.38. The quantitative estimate of drug-likeness (QED) is 0.817. The molecule has 4 rings (SSSR count). The van der Waals surface area contributed by atoms with Gasteiger partial charge in [0.25, 0.3) is 0 Å². The van der Waals surface area contributed by atoms with E-state index in [1.54, 1.807) is 6.33 Å². The number of piperidine rings is 1. The molecule has 2 aromatic heterocycles. The van der Waals surface area contributed by atoms with Crippen molar-refractivity contribution in [3.05, 3.63) is 36.0 Å². The molecule has 2 aromatic rings. The van der Waals surface area contributed by atoms with E-state index in [1.807, 2.05) is 17.9 Å². The van der Waals surface area contributed by atoms with E-state index in [1.165, 1.54) is 6.20 Å². The monoisotopic (exact) mass is 364 g/mol. The third-order valence-corrected chi connectivity index (χ3v) is 5.16. The van der Waals surface area contributed by atoms with Crippen molar-refractivity contribution < 1.29 is 13.2 Å². The van der Waals surface area contributed by atoms with Crippen molar-refractivity contribution in [3.63, 3.8) is 0 Å². The van der Waals surface area contributed by atoms with Gasteiger partial charge < -0.3 is 9.80 Å². The van der Waals surface area contributed by atoms with Gasteiger partial charge in [0, 0.05) is 37.6 Å². The highest BCUT2D eigenvalue weighted by atomic mass is 19.4. The summed E-state index contributed by atoms with van der Waals surface area (Å²) in [6.07, 6.45) is 0.232. The number of halogens is 3. The number of nitrogens with zero attached hydrogens (tertiary/aromatic N) is 6. The lowest BCUT2D eigenvalue weighted by atomic mass is 9.92. The first kappa shape index (κ1) is 17.0. The zero-order chi connectivity index (χ0) is 18.3. The number of aryl methyl sites for hydroxylation is 1. The fourth-order valence-corrected chi connectivity index (χ4v) is 3.86. The van der Waals surface area contributed by atoms with Crippen LogP contribution in [-0.2, 0) is 6.18 Å². The molecule has 2 aliphatic heterocycles. The van der Waals surface area contributed by atoms with E-state index < -0.39 is 11.9 Å². The molecule has 2 saturated heterocycles. The Labute approximate surface area is 149 Å². The number of alkyl halides is 3. The number of fused-ring (bicyclic) bond motifs is 1. The van der Waals surface area contributed by atoms with E-state index in [-0.39, 0.29) is 12.0 Å². The lowest BCUT2D eigenvalue weighted by molar-refractivity contribution is -0.141. The molecule has 0 amide bonds. The third kappa shape index (κ3) is 3.17. The minimum absolute atomic E-state index is 0.143. The van der Waals surface area contributed by atoms with Crippen LogP contribution >= 0.6 is 0 Å².